The van der Waals surface area contributed by atoms with Gasteiger partial charge in [0, 0.05) is 30.9 Å². The molecular formula is C14H18FN3O. The lowest BCUT2D eigenvalue weighted by atomic mass is 10.2. The Balaban J connectivity index is 2.45. The van der Waals surface area contributed by atoms with Gasteiger partial charge in [0.05, 0.1) is 18.0 Å². The maximum atomic E-state index is 13.7. The Kier molecular flexibility index (Phi) is 4.04. The maximum Gasteiger partial charge on any atom is 0.167 e. The second kappa shape index (κ2) is 5.73. The van der Waals surface area contributed by atoms with Gasteiger partial charge in [-0.2, -0.15) is 0 Å². The van der Waals surface area contributed by atoms with Gasteiger partial charge in [-0.1, -0.05) is 13.8 Å². The number of nitrogens with two attached hydrogens (primary N) is 1. The van der Waals surface area contributed by atoms with Gasteiger partial charge in [0.1, 0.15) is 5.82 Å². The number of aromatic nitrogens is 2. The highest BCUT2D eigenvalue weighted by Crippen LogP contribution is 2.28. The predicted octanol–water partition coefficient (Wildman–Crippen LogP) is 2.94. The smallest absolute Gasteiger partial charge is 0.167 e. The summed E-state index contributed by atoms with van der Waals surface area (Å²) in [4.78, 5) is 4.24. The average molecular weight is 263 g/mol. The summed E-state index contributed by atoms with van der Waals surface area (Å²) in [5.74, 6) is 0.661. The molecule has 2 rings (SSSR count). The minimum Gasteiger partial charge on any atom is -0.490 e. The van der Waals surface area contributed by atoms with Gasteiger partial charge in [0.15, 0.2) is 11.6 Å². The van der Waals surface area contributed by atoms with Crippen LogP contribution in [0, 0.1) is 5.82 Å². The Morgan fingerprint density at radius 2 is 2.16 bits per heavy atom. The van der Waals surface area contributed by atoms with Crippen LogP contribution in [0.15, 0.2) is 24.5 Å². The molecule has 0 aliphatic heterocycles. The number of anilines is 1. The molecule has 2 N–H and O–H groups in total. The lowest BCUT2D eigenvalue weighted by Crippen LogP contribution is -2.06. The summed E-state index contributed by atoms with van der Waals surface area (Å²) in [6.45, 7) is 4.46. The molecule has 5 heteroatoms. The molecule has 0 saturated carbocycles. The number of hydrogen-bond donors (Lipinski definition) is 1. The van der Waals surface area contributed by atoms with Crippen molar-refractivity contribution in [2.75, 3.05) is 12.3 Å². The van der Waals surface area contributed by atoms with Crippen molar-refractivity contribution in [3.8, 4) is 11.4 Å². The van der Waals surface area contributed by atoms with Crippen LogP contribution < -0.4 is 10.5 Å². The van der Waals surface area contributed by atoms with Gasteiger partial charge in [-0.25, -0.2) is 9.37 Å². The monoisotopic (exact) mass is 263 g/mol. The first kappa shape index (κ1) is 13.4. The average Bonchev–Trinajstić information content (AvgIpc) is 2.86. The molecule has 0 unspecified atom stereocenters. The summed E-state index contributed by atoms with van der Waals surface area (Å²) < 4.78 is 21.0. The summed E-state index contributed by atoms with van der Waals surface area (Å²) in [7, 11) is 0. The first-order valence-electron chi connectivity index (χ1n) is 6.41. The summed E-state index contributed by atoms with van der Waals surface area (Å²) in [6.07, 6.45) is 5.11. The van der Waals surface area contributed by atoms with Gasteiger partial charge in [0.25, 0.3) is 0 Å². The number of imidazole rings is 1. The van der Waals surface area contributed by atoms with E-state index >= 15 is 0 Å². The number of rotatable bonds is 5. The molecule has 1 heterocycles. The Morgan fingerprint density at radius 1 is 1.37 bits per heavy atom. The molecule has 0 saturated heterocycles. The first-order valence-corrected chi connectivity index (χ1v) is 6.41. The molecule has 0 aliphatic rings. The van der Waals surface area contributed by atoms with Crippen LogP contribution in [0.2, 0.25) is 0 Å². The fourth-order valence-electron chi connectivity index (χ4n) is 1.90. The van der Waals surface area contributed by atoms with Gasteiger partial charge < -0.3 is 15.0 Å². The first-order chi connectivity index (χ1) is 9.17. The van der Waals surface area contributed by atoms with E-state index in [1.54, 1.807) is 12.3 Å². The highest BCUT2D eigenvalue weighted by atomic mass is 19.1. The van der Waals surface area contributed by atoms with Crippen LogP contribution in [0.3, 0.4) is 0 Å². The van der Waals surface area contributed by atoms with Gasteiger partial charge in [-0.3, -0.25) is 0 Å². The van der Waals surface area contributed by atoms with Crippen molar-refractivity contribution < 1.29 is 9.13 Å². The number of nitrogens with zero attached hydrogens (tertiary/aromatic N) is 2. The van der Waals surface area contributed by atoms with E-state index in [1.807, 2.05) is 24.6 Å². The van der Waals surface area contributed by atoms with Crippen molar-refractivity contribution in [3.63, 3.8) is 0 Å². The van der Waals surface area contributed by atoms with Gasteiger partial charge >= 0.3 is 0 Å². The summed E-state index contributed by atoms with van der Waals surface area (Å²) >= 11 is 0. The van der Waals surface area contributed by atoms with Crippen LogP contribution in [0.4, 0.5) is 10.1 Å². The van der Waals surface area contributed by atoms with E-state index in [1.165, 1.54) is 6.07 Å². The Bertz CT molecular complexity index is 566. The molecule has 19 heavy (non-hydrogen) atoms. The number of benzene rings is 1. The van der Waals surface area contributed by atoms with E-state index in [4.69, 9.17) is 10.5 Å². The van der Waals surface area contributed by atoms with Crippen molar-refractivity contribution in [2.24, 2.45) is 0 Å². The summed E-state index contributed by atoms with van der Waals surface area (Å²) in [5.41, 5.74) is 6.96. The topological polar surface area (TPSA) is 53.1 Å². The van der Waals surface area contributed by atoms with Crippen LogP contribution >= 0.6 is 0 Å². The molecule has 0 amide bonds. The highest BCUT2D eigenvalue weighted by Gasteiger charge is 2.12. The maximum absolute atomic E-state index is 13.7. The van der Waals surface area contributed by atoms with Gasteiger partial charge in [-0.15, -0.1) is 0 Å². The molecule has 0 fully saturated rings. The van der Waals surface area contributed by atoms with Crippen molar-refractivity contribution in [1.82, 2.24) is 9.55 Å². The molecule has 2 aromatic rings. The van der Waals surface area contributed by atoms with Crippen LogP contribution in [-0.4, -0.2) is 16.2 Å². The second-order valence-electron chi connectivity index (χ2n) is 4.26. The minimum absolute atomic E-state index is 0.224. The van der Waals surface area contributed by atoms with Crippen molar-refractivity contribution in [3.05, 3.63) is 36.2 Å². The quantitative estimate of drug-likeness (QED) is 0.844. The second-order valence-corrected chi connectivity index (χ2v) is 4.26. The molecule has 4 nitrogen and oxygen atoms in total. The Morgan fingerprint density at radius 3 is 2.84 bits per heavy atom. The third-order valence-corrected chi connectivity index (χ3v) is 2.84. The highest BCUT2D eigenvalue weighted by molar-refractivity contribution is 5.61. The van der Waals surface area contributed by atoms with Crippen LogP contribution in [0.1, 0.15) is 26.1 Å². The third kappa shape index (κ3) is 2.70. The molecule has 0 bridgehead atoms. The predicted molar refractivity (Wildman–Crippen MR) is 73.1 cm³/mol. The molecule has 0 spiro atoms. The zero-order chi connectivity index (χ0) is 13.8. The van der Waals surface area contributed by atoms with Crippen LogP contribution in [0.25, 0.3) is 5.69 Å². The van der Waals surface area contributed by atoms with Gasteiger partial charge in [0.2, 0.25) is 0 Å². The normalized spacial score (nSPS) is 10.7. The summed E-state index contributed by atoms with van der Waals surface area (Å²) in [6, 6.07) is 2.92. The number of hydrogen-bond acceptors (Lipinski definition) is 3. The Labute approximate surface area is 112 Å². The number of ether oxygens (including phenoxy) is 1. The van der Waals surface area contributed by atoms with Crippen molar-refractivity contribution >= 4 is 5.69 Å². The fraction of sp³-hybridized carbons (Fsp3) is 0.357. The number of nitrogen functional groups attached to an aromatic ring is 1. The molecular weight excluding hydrogens is 245 g/mol. The zero-order valence-corrected chi connectivity index (χ0v) is 11.2. The van der Waals surface area contributed by atoms with Crippen molar-refractivity contribution in [2.45, 2.75) is 26.7 Å². The molecule has 1 aromatic heterocycles. The van der Waals surface area contributed by atoms with Gasteiger partial charge in [-0.05, 0) is 6.42 Å². The standard InChI is InChI=1S/C14H18FN3O/c1-3-7-19-13-9-12(11(16)8-10(13)15)18-6-5-17-14(18)4-2/h5-6,8-9H,3-4,7,16H2,1-2H3. The lowest BCUT2D eigenvalue weighted by molar-refractivity contribution is 0.301. The van der Waals surface area contributed by atoms with E-state index in [-0.39, 0.29) is 5.75 Å². The van der Waals surface area contributed by atoms with Crippen molar-refractivity contribution in [1.29, 1.82) is 0 Å². The SMILES string of the molecule is CCCOc1cc(-n2ccnc2CC)c(N)cc1F. The third-order valence-electron chi connectivity index (χ3n) is 2.84. The molecule has 1 aromatic carbocycles. The largest absolute Gasteiger partial charge is 0.490 e. The van der Waals surface area contributed by atoms with E-state index in [0.717, 1.165) is 18.7 Å². The molecule has 0 aliphatic carbocycles. The zero-order valence-electron chi connectivity index (χ0n) is 11.2. The fourth-order valence-corrected chi connectivity index (χ4v) is 1.90. The van der Waals surface area contributed by atoms with E-state index in [9.17, 15) is 4.39 Å². The number of halogens is 1. The van der Waals surface area contributed by atoms with Crippen LogP contribution in [-0.2, 0) is 6.42 Å². The number of aryl methyl sites for hydroxylation is 1. The van der Waals surface area contributed by atoms with E-state index in [0.29, 0.717) is 18.0 Å². The van der Waals surface area contributed by atoms with E-state index in [2.05, 4.69) is 4.98 Å². The Hall–Kier alpha value is -2.04. The van der Waals surface area contributed by atoms with Crippen LogP contribution in [0.5, 0.6) is 5.75 Å². The molecule has 0 atom stereocenters. The summed E-state index contributed by atoms with van der Waals surface area (Å²) in [5, 5.41) is 0. The molecule has 102 valence electrons. The lowest BCUT2D eigenvalue weighted by Gasteiger charge is -2.13. The molecule has 0 radical (unpaired) electrons. The van der Waals surface area contributed by atoms with E-state index < -0.39 is 5.82 Å². The minimum atomic E-state index is -0.437.